The molecule has 116 valence electrons. The second-order valence-electron chi connectivity index (χ2n) is 5.96. The van der Waals surface area contributed by atoms with E-state index in [1.165, 1.54) is 0 Å². The first-order chi connectivity index (χ1) is 9.58. The topological polar surface area (TPSA) is 50.1 Å². The standard InChI is InChI=1S/C16H31N3O/c1-5-9-18-16(6-2,13-20)8-7-11-19-12-10-17-15(19)14(3)4/h10,12,14,18,20H,5-9,11,13H2,1-4H3. The van der Waals surface area contributed by atoms with Gasteiger partial charge < -0.3 is 15.0 Å². The molecule has 2 N–H and O–H groups in total. The second kappa shape index (κ2) is 8.42. The highest BCUT2D eigenvalue weighted by Crippen LogP contribution is 2.19. The van der Waals surface area contributed by atoms with Crippen molar-refractivity contribution >= 4 is 0 Å². The SMILES string of the molecule is CCCNC(CC)(CO)CCCn1ccnc1C(C)C. The van der Waals surface area contributed by atoms with E-state index in [1.54, 1.807) is 0 Å². The molecule has 1 aromatic heterocycles. The monoisotopic (exact) mass is 281 g/mol. The van der Waals surface area contributed by atoms with Gasteiger partial charge in [0.05, 0.1) is 6.61 Å². The van der Waals surface area contributed by atoms with Gasteiger partial charge in [-0.1, -0.05) is 27.7 Å². The maximum absolute atomic E-state index is 9.72. The highest BCUT2D eigenvalue weighted by molar-refractivity contribution is 4.97. The first-order valence-corrected chi connectivity index (χ1v) is 7.95. The lowest BCUT2D eigenvalue weighted by atomic mass is 9.91. The molecule has 0 spiro atoms. The Labute approximate surface area is 123 Å². The number of rotatable bonds is 10. The maximum Gasteiger partial charge on any atom is 0.111 e. The second-order valence-corrected chi connectivity index (χ2v) is 5.96. The van der Waals surface area contributed by atoms with Gasteiger partial charge in [-0.05, 0) is 32.2 Å². The number of aryl methyl sites for hydroxylation is 1. The van der Waals surface area contributed by atoms with Crippen LogP contribution < -0.4 is 5.32 Å². The highest BCUT2D eigenvalue weighted by atomic mass is 16.3. The third kappa shape index (κ3) is 4.60. The minimum absolute atomic E-state index is 0.116. The van der Waals surface area contributed by atoms with E-state index in [9.17, 15) is 5.11 Å². The lowest BCUT2D eigenvalue weighted by Crippen LogP contribution is -2.48. The molecule has 0 saturated carbocycles. The van der Waals surface area contributed by atoms with Crippen molar-refractivity contribution in [1.82, 2.24) is 14.9 Å². The third-order valence-electron chi connectivity index (χ3n) is 4.05. The van der Waals surface area contributed by atoms with E-state index >= 15 is 0 Å². The summed E-state index contributed by atoms with van der Waals surface area (Å²) in [6.45, 7) is 10.8. The quantitative estimate of drug-likeness (QED) is 0.693. The van der Waals surface area contributed by atoms with E-state index in [4.69, 9.17) is 0 Å². The molecule has 4 heteroatoms. The molecular formula is C16H31N3O. The summed E-state index contributed by atoms with van der Waals surface area (Å²) in [5.74, 6) is 1.61. The van der Waals surface area contributed by atoms with Crippen molar-refractivity contribution in [3.05, 3.63) is 18.2 Å². The Morgan fingerprint density at radius 3 is 2.70 bits per heavy atom. The number of hydrogen-bond acceptors (Lipinski definition) is 3. The van der Waals surface area contributed by atoms with Gasteiger partial charge in [0.1, 0.15) is 5.82 Å². The fraction of sp³-hybridized carbons (Fsp3) is 0.812. The number of aliphatic hydroxyl groups excluding tert-OH is 1. The number of aliphatic hydroxyl groups is 1. The Morgan fingerprint density at radius 2 is 2.15 bits per heavy atom. The molecule has 0 aliphatic heterocycles. The number of imidazole rings is 1. The molecule has 0 fully saturated rings. The van der Waals surface area contributed by atoms with Crippen molar-refractivity contribution in [3.8, 4) is 0 Å². The Hall–Kier alpha value is -0.870. The van der Waals surface area contributed by atoms with Crippen LogP contribution in [0.1, 0.15) is 65.1 Å². The van der Waals surface area contributed by atoms with Crippen molar-refractivity contribution in [2.24, 2.45) is 0 Å². The molecule has 1 atom stereocenters. The van der Waals surface area contributed by atoms with Crippen LogP contribution in [-0.4, -0.2) is 33.3 Å². The number of aromatic nitrogens is 2. The van der Waals surface area contributed by atoms with E-state index in [0.29, 0.717) is 5.92 Å². The van der Waals surface area contributed by atoms with Gasteiger partial charge in [0, 0.05) is 30.4 Å². The minimum atomic E-state index is -0.116. The lowest BCUT2D eigenvalue weighted by molar-refractivity contribution is 0.143. The van der Waals surface area contributed by atoms with Crippen LogP contribution in [0.25, 0.3) is 0 Å². The molecule has 0 bridgehead atoms. The Balaban J connectivity index is 2.53. The molecule has 0 aromatic carbocycles. The van der Waals surface area contributed by atoms with Gasteiger partial charge in [-0.25, -0.2) is 4.98 Å². The predicted molar refractivity (Wildman–Crippen MR) is 84.0 cm³/mol. The average molecular weight is 281 g/mol. The Morgan fingerprint density at radius 1 is 1.40 bits per heavy atom. The van der Waals surface area contributed by atoms with Crippen LogP contribution in [0, 0.1) is 0 Å². The van der Waals surface area contributed by atoms with Crippen LogP contribution in [0.15, 0.2) is 12.4 Å². The molecule has 0 amide bonds. The fourth-order valence-electron chi connectivity index (χ4n) is 2.63. The van der Waals surface area contributed by atoms with Gasteiger partial charge in [0.2, 0.25) is 0 Å². The smallest absolute Gasteiger partial charge is 0.111 e. The van der Waals surface area contributed by atoms with E-state index < -0.39 is 0 Å². The van der Waals surface area contributed by atoms with E-state index in [2.05, 4.69) is 48.8 Å². The van der Waals surface area contributed by atoms with Crippen molar-refractivity contribution < 1.29 is 5.11 Å². The van der Waals surface area contributed by atoms with Crippen molar-refractivity contribution in [3.63, 3.8) is 0 Å². The maximum atomic E-state index is 9.72. The van der Waals surface area contributed by atoms with Crippen LogP contribution in [-0.2, 0) is 6.54 Å². The zero-order valence-corrected chi connectivity index (χ0v) is 13.5. The normalized spacial score (nSPS) is 14.7. The molecule has 4 nitrogen and oxygen atoms in total. The van der Waals surface area contributed by atoms with Gasteiger partial charge >= 0.3 is 0 Å². The number of nitrogens with one attached hydrogen (secondary N) is 1. The zero-order chi connectivity index (χ0) is 15.0. The number of hydrogen-bond donors (Lipinski definition) is 2. The number of nitrogens with zero attached hydrogens (tertiary/aromatic N) is 2. The van der Waals surface area contributed by atoms with Crippen molar-refractivity contribution in [2.75, 3.05) is 13.2 Å². The summed E-state index contributed by atoms with van der Waals surface area (Å²) < 4.78 is 2.24. The summed E-state index contributed by atoms with van der Waals surface area (Å²) in [6.07, 6.45) is 8.05. The summed E-state index contributed by atoms with van der Waals surface area (Å²) in [6, 6.07) is 0. The summed E-state index contributed by atoms with van der Waals surface area (Å²) in [5.41, 5.74) is -0.116. The Bertz CT molecular complexity index is 370. The molecule has 0 aliphatic carbocycles. The minimum Gasteiger partial charge on any atom is -0.394 e. The molecule has 0 aliphatic rings. The van der Waals surface area contributed by atoms with Crippen LogP contribution in [0.4, 0.5) is 0 Å². The summed E-state index contributed by atoms with van der Waals surface area (Å²) in [5, 5.41) is 13.2. The van der Waals surface area contributed by atoms with Crippen LogP contribution in [0.5, 0.6) is 0 Å². The molecule has 0 radical (unpaired) electrons. The van der Waals surface area contributed by atoms with Gasteiger partial charge in [-0.15, -0.1) is 0 Å². The molecular weight excluding hydrogens is 250 g/mol. The van der Waals surface area contributed by atoms with Gasteiger partial charge in [0.15, 0.2) is 0 Å². The van der Waals surface area contributed by atoms with Crippen LogP contribution in [0.3, 0.4) is 0 Å². The van der Waals surface area contributed by atoms with Crippen molar-refractivity contribution in [1.29, 1.82) is 0 Å². The van der Waals surface area contributed by atoms with E-state index in [-0.39, 0.29) is 12.1 Å². The van der Waals surface area contributed by atoms with E-state index in [0.717, 1.165) is 44.6 Å². The summed E-state index contributed by atoms with van der Waals surface area (Å²) in [7, 11) is 0. The summed E-state index contributed by atoms with van der Waals surface area (Å²) in [4.78, 5) is 4.42. The van der Waals surface area contributed by atoms with Gasteiger partial charge in [-0.2, -0.15) is 0 Å². The lowest BCUT2D eigenvalue weighted by Gasteiger charge is -2.32. The largest absolute Gasteiger partial charge is 0.394 e. The van der Waals surface area contributed by atoms with Crippen LogP contribution in [0.2, 0.25) is 0 Å². The average Bonchev–Trinajstić information content (AvgIpc) is 2.91. The first-order valence-electron chi connectivity index (χ1n) is 7.95. The zero-order valence-electron chi connectivity index (χ0n) is 13.5. The van der Waals surface area contributed by atoms with Crippen LogP contribution >= 0.6 is 0 Å². The highest BCUT2D eigenvalue weighted by Gasteiger charge is 2.25. The Kier molecular flexibility index (Phi) is 7.24. The molecule has 20 heavy (non-hydrogen) atoms. The van der Waals surface area contributed by atoms with Gasteiger partial charge in [0.25, 0.3) is 0 Å². The first kappa shape index (κ1) is 17.2. The molecule has 1 aromatic rings. The summed E-state index contributed by atoms with van der Waals surface area (Å²) >= 11 is 0. The molecule has 1 unspecified atom stereocenters. The molecule has 0 saturated heterocycles. The predicted octanol–water partition coefficient (Wildman–Crippen LogP) is 2.93. The molecule has 1 heterocycles. The van der Waals surface area contributed by atoms with Gasteiger partial charge in [-0.3, -0.25) is 0 Å². The fourth-order valence-corrected chi connectivity index (χ4v) is 2.63. The third-order valence-corrected chi connectivity index (χ3v) is 4.05. The van der Waals surface area contributed by atoms with E-state index in [1.807, 2.05) is 6.20 Å². The molecule has 1 rings (SSSR count). The van der Waals surface area contributed by atoms with Crippen molar-refractivity contribution in [2.45, 2.75) is 71.4 Å².